The number of rotatable bonds is 5. The van der Waals surface area contributed by atoms with Gasteiger partial charge in [-0.05, 0) is 49.4 Å². The van der Waals surface area contributed by atoms with E-state index in [9.17, 15) is 12.8 Å². The van der Waals surface area contributed by atoms with Gasteiger partial charge < -0.3 is 8.92 Å². The molecule has 0 bridgehead atoms. The first-order valence-corrected chi connectivity index (χ1v) is 7.83. The highest BCUT2D eigenvalue weighted by atomic mass is 35.5. The zero-order chi connectivity index (χ0) is 15.5. The molecule has 2 aromatic rings. The second-order valence-corrected chi connectivity index (χ2v) is 5.97. The van der Waals surface area contributed by atoms with Crippen molar-refractivity contribution in [2.45, 2.75) is 11.8 Å². The first kappa shape index (κ1) is 15.6. The summed E-state index contributed by atoms with van der Waals surface area (Å²) in [7, 11) is -4.04. The molecule has 0 amide bonds. The maximum absolute atomic E-state index is 12.9. The van der Waals surface area contributed by atoms with E-state index in [4.69, 9.17) is 20.5 Å². The molecule has 0 saturated carbocycles. The first-order valence-electron chi connectivity index (χ1n) is 6.05. The Hall–Kier alpha value is -1.79. The molecule has 0 spiro atoms. The maximum Gasteiger partial charge on any atom is 0.339 e. The molecule has 112 valence electrons. The van der Waals surface area contributed by atoms with Crippen LogP contribution in [0.5, 0.6) is 11.5 Å². The van der Waals surface area contributed by atoms with Gasteiger partial charge in [0.15, 0.2) is 5.75 Å². The van der Waals surface area contributed by atoms with Crippen molar-refractivity contribution in [1.29, 1.82) is 0 Å². The highest BCUT2D eigenvalue weighted by molar-refractivity contribution is 7.87. The van der Waals surface area contributed by atoms with Gasteiger partial charge in [0.25, 0.3) is 0 Å². The average molecular weight is 331 g/mol. The lowest BCUT2D eigenvalue weighted by molar-refractivity contribution is 0.340. The Labute approximate surface area is 127 Å². The minimum Gasteiger partial charge on any atom is -0.494 e. The van der Waals surface area contributed by atoms with E-state index >= 15 is 0 Å². The van der Waals surface area contributed by atoms with Crippen molar-refractivity contribution in [2.75, 3.05) is 6.61 Å². The third kappa shape index (κ3) is 3.86. The number of halogens is 2. The van der Waals surface area contributed by atoms with Gasteiger partial charge in [0.05, 0.1) is 11.6 Å². The highest BCUT2D eigenvalue weighted by Crippen LogP contribution is 2.28. The van der Waals surface area contributed by atoms with Gasteiger partial charge in [-0.2, -0.15) is 8.42 Å². The van der Waals surface area contributed by atoms with E-state index in [1.807, 2.05) is 6.92 Å². The number of benzene rings is 2. The topological polar surface area (TPSA) is 52.6 Å². The average Bonchev–Trinajstić information content (AvgIpc) is 2.43. The van der Waals surface area contributed by atoms with Crippen molar-refractivity contribution in [3.63, 3.8) is 0 Å². The summed E-state index contributed by atoms with van der Waals surface area (Å²) in [6.45, 7) is 2.30. The number of hydrogen-bond donors (Lipinski definition) is 0. The van der Waals surface area contributed by atoms with Crippen LogP contribution in [0.25, 0.3) is 0 Å². The predicted octanol–water partition coefficient (Wildman–Crippen LogP) is 3.65. The predicted molar refractivity (Wildman–Crippen MR) is 76.8 cm³/mol. The van der Waals surface area contributed by atoms with Crippen LogP contribution in [-0.4, -0.2) is 15.0 Å². The molecule has 0 fully saturated rings. The molecule has 2 aromatic carbocycles. The molecule has 0 aliphatic carbocycles. The molecule has 0 aliphatic rings. The lowest BCUT2D eigenvalue weighted by atomic mass is 10.3. The molecule has 0 N–H and O–H groups in total. The third-order valence-corrected chi connectivity index (χ3v) is 4.06. The van der Waals surface area contributed by atoms with E-state index in [-0.39, 0.29) is 15.7 Å². The van der Waals surface area contributed by atoms with Crippen molar-refractivity contribution in [3.8, 4) is 11.5 Å². The normalized spacial score (nSPS) is 11.2. The Kier molecular flexibility index (Phi) is 4.69. The Morgan fingerprint density at radius 1 is 1.14 bits per heavy atom. The van der Waals surface area contributed by atoms with E-state index in [0.29, 0.717) is 12.4 Å². The fraction of sp³-hybridized carbons (Fsp3) is 0.143. The molecule has 0 aromatic heterocycles. The zero-order valence-electron chi connectivity index (χ0n) is 11.0. The van der Waals surface area contributed by atoms with Crippen molar-refractivity contribution in [1.82, 2.24) is 0 Å². The summed E-state index contributed by atoms with van der Waals surface area (Å²) in [6.07, 6.45) is 0. The van der Waals surface area contributed by atoms with Crippen LogP contribution in [0.2, 0.25) is 5.02 Å². The van der Waals surface area contributed by atoms with Crippen LogP contribution in [0.3, 0.4) is 0 Å². The van der Waals surface area contributed by atoms with Crippen LogP contribution in [0.4, 0.5) is 4.39 Å². The van der Waals surface area contributed by atoms with E-state index in [0.717, 1.165) is 18.2 Å². The molecule has 0 saturated heterocycles. The molecule has 0 atom stereocenters. The Morgan fingerprint density at radius 3 is 2.38 bits per heavy atom. The molecule has 0 unspecified atom stereocenters. The third-order valence-electron chi connectivity index (χ3n) is 2.52. The molecular weight excluding hydrogens is 319 g/mol. The molecule has 7 heteroatoms. The van der Waals surface area contributed by atoms with E-state index in [1.165, 1.54) is 24.3 Å². The van der Waals surface area contributed by atoms with Crippen molar-refractivity contribution < 1.29 is 21.7 Å². The van der Waals surface area contributed by atoms with Gasteiger partial charge >= 0.3 is 10.1 Å². The monoisotopic (exact) mass is 330 g/mol. The van der Waals surface area contributed by atoms with Crippen LogP contribution in [0, 0.1) is 5.82 Å². The minimum atomic E-state index is -4.04. The minimum absolute atomic E-state index is 0.0497. The van der Waals surface area contributed by atoms with Gasteiger partial charge in [0, 0.05) is 0 Å². The maximum atomic E-state index is 12.9. The summed E-state index contributed by atoms with van der Waals surface area (Å²) in [5.41, 5.74) is 0. The van der Waals surface area contributed by atoms with Crippen LogP contribution in [0.15, 0.2) is 47.4 Å². The molecule has 2 rings (SSSR count). The van der Waals surface area contributed by atoms with Gasteiger partial charge in [-0.1, -0.05) is 11.6 Å². The summed E-state index contributed by atoms with van der Waals surface area (Å²) in [5.74, 6) is -0.158. The second-order valence-electron chi connectivity index (χ2n) is 4.02. The molecular formula is C14H12ClFO4S. The summed E-state index contributed by atoms with van der Waals surface area (Å²) in [4.78, 5) is -0.0497. The van der Waals surface area contributed by atoms with Crippen molar-refractivity contribution >= 4 is 21.7 Å². The molecule has 0 radical (unpaired) electrons. The van der Waals surface area contributed by atoms with Crippen molar-refractivity contribution in [3.05, 3.63) is 53.3 Å². The van der Waals surface area contributed by atoms with E-state index in [2.05, 4.69) is 0 Å². The van der Waals surface area contributed by atoms with Crippen LogP contribution in [-0.2, 0) is 10.1 Å². The fourth-order valence-corrected chi connectivity index (χ4v) is 2.78. The quantitative estimate of drug-likeness (QED) is 0.785. The molecule has 0 aliphatic heterocycles. The van der Waals surface area contributed by atoms with Crippen LogP contribution >= 0.6 is 11.6 Å². The Bertz CT molecular complexity index is 729. The standard InChI is InChI=1S/C14H12ClFO4S/c1-2-19-11-4-6-12(7-5-11)21(17,18)20-14-8-3-10(16)9-13(14)15/h3-9H,2H2,1H3. The highest BCUT2D eigenvalue weighted by Gasteiger charge is 2.18. The lowest BCUT2D eigenvalue weighted by Crippen LogP contribution is -2.10. The second kappa shape index (κ2) is 6.32. The Balaban J connectivity index is 2.25. The summed E-state index contributed by atoms with van der Waals surface area (Å²) >= 11 is 5.74. The SMILES string of the molecule is CCOc1ccc(S(=O)(=O)Oc2ccc(F)cc2Cl)cc1. The van der Waals surface area contributed by atoms with Crippen LogP contribution < -0.4 is 8.92 Å². The van der Waals surface area contributed by atoms with E-state index < -0.39 is 15.9 Å². The molecule has 21 heavy (non-hydrogen) atoms. The summed E-state index contributed by atoms with van der Waals surface area (Å²) < 4.78 is 47.2. The van der Waals surface area contributed by atoms with Crippen molar-refractivity contribution in [2.24, 2.45) is 0 Å². The molecule has 4 nitrogen and oxygen atoms in total. The summed E-state index contributed by atoms with van der Waals surface area (Å²) in [6, 6.07) is 8.96. The Morgan fingerprint density at radius 2 is 1.81 bits per heavy atom. The zero-order valence-corrected chi connectivity index (χ0v) is 12.6. The van der Waals surface area contributed by atoms with Gasteiger partial charge in [0.2, 0.25) is 0 Å². The first-order chi connectivity index (χ1) is 9.92. The van der Waals surface area contributed by atoms with Gasteiger partial charge in [0.1, 0.15) is 16.5 Å². The van der Waals surface area contributed by atoms with E-state index in [1.54, 1.807) is 0 Å². The lowest BCUT2D eigenvalue weighted by Gasteiger charge is -2.09. The van der Waals surface area contributed by atoms with Gasteiger partial charge in [-0.25, -0.2) is 4.39 Å². The van der Waals surface area contributed by atoms with Gasteiger partial charge in [-0.3, -0.25) is 0 Å². The number of ether oxygens (including phenoxy) is 1. The largest absolute Gasteiger partial charge is 0.494 e. The summed E-state index contributed by atoms with van der Waals surface area (Å²) in [5, 5.41) is -0.121. The smallest absolute Gasteiger partial charge is 0.339 e. The number of hydrogen-bond acceptors (Lipinski definition) is 4. The van der Waals surface area contributed by atoms with Gasteiger partial charge in [-0.15, -0.1) is 0 Å². The fourth-order valence-electron chi connectivity index (χ4n) is 1.58. The van der Waals surface area contributed by atoms with Crippen LogP contribution in [0.1, 0.15) is 6.92 Å². The molecule has 0 heterocycles.